The average Bonchev–Trinajstić information content (AvgIpc) is 3.13. The summed E-state index contributed by atoms with van der Waals surface area (Å²) in [4.78, 5) is 45.1. The van der Waals surface area contributed by atoms with Crippen molar-refractivity contribution in [3.8, 4) is 0 Å². The maximum absolute atomic E-state index is 12.4. The van der Waals surface area contributed by atoms with Crippen molar-refractivity contribution in [1.82, 2.24) is 29.7 Å². The number of nitrogens with one attached hydrogen (secondary N) is 2. The number of aromatic amines is 1. The normalized spacial score (nSPS) is 15.5. The summed E-state index contributed by atoms with van der Waals surface area (Å²) in [5.74, 6) is -0.454. The number of amides is 1. The Hall–Kier alpha value is -2.72. The fourth-order valence-corrected chi connectivity index (χ4v) is 3.33. The third kappa shape index (κ3) is 5.21. The van der Waals surface area contributed by atoms with Gasteiger partial charge in [0.1, 0.15) is 5.56 Å². The Morgan fingerprint density at radius 1 is 1.21 bits per heavy atom. The molecule has 10 heteroatoms. The van der Waals surface area contributed by atoms with Crippen LogP contribution in [0.3, 0.4) is 0 Å². The monoisotopic (exact) mass is 404 g/mol. The van der Waals surface area contributed by atoms with Crippen LogP contribution in [0.15, 0.2) is 17.1 Å². The van der Waals surface area contributed by atoms with Gasteiger partial charge in [-0.2, -0.15) is 0 Å². The van der Waals surface area contributed by atoms with Gasteiger partial charge in [0.25, 0.3) is 5.56 Å². The van der Waals surface area contributed by atoms with Crippen molar-refractivity contribution in [2.45, 2.75) is 26.8 Å². The molecule has 3 heterocycles. The van der Waals surface area contributed by atoms with E-state index >= 15 is 0 Å². The van der Waals surface area contributed by atoms with E-state index in [-0.39, 0.29) is 29.3 Å². The molecule has 1 aliphatic rings. The predicted octanol–water partition coefficient (Wildman–Crippen LogP) is -0.157. The number of carbonyl (C=O) groups excluding carboxylic acids is 2. The van der Waals surface area contributed by atoms with Gasteiger partial charge in [-0.1, -0.05) is 6.92 Å². The second-order valence-electron chi connectivity index (χ2n) is 7.05. The van der Waals surface area contributed by atoms with Gasteiger partial charge in [-0.3, -0.25) is 24.5 Å². The van der Waals surface area contributed by atoms with E-state index in [9.17, 15) is 14.4 Å². The summed E-state index contributed by atoms with van der Waals surface area (Å²) >= 11 is 0. The molecule has 0 atom stereocenters. The molecule has 10 nitrogen and oxygen atoms in total. The van der Waals surface area contributed by atoms with Gasteiger partial charge in [0, 0.05) is 51.5 Å². The van der Waals surface area contributed by atoms with E-state index in [1.165, 1.54) is 16.8 Å². The molecular formula is C19H28N6O4. The summed E-state index contributed by atoms with van der Waals surface area (Å²) in [5, 5.41) is 5.64. The number of nitrogens with zero attached hydrogens (tertiary/aromatic N) is 4. The second-order valence-corrected chi connectivity index (χ2v) is 7.05. The number of piperazine rings is 1. The Balaban J connectivity index is 1.62. The van der Waals surface area contributed by atoms with Crippen LogP contribution in [0.5, 0.6) is 0 Å². The van der Waals surface area contributed by atoms with Gasteiger partial charge in [-0.05, 0) is 13.3 Å². The van der Waals surface area contributed by atoms with Crippen LogP contribution in [0, 0.1) is 0 Å². The van der Waals surface area contributed by atoms with E-state index in [1.807, 2.05) is 6.92 Å². The van der Waals surface area contributed by atoms with E-state index in [0.29, 0.717) is 25.3 Å². The smallest absolute Gasteiger partial charge is 0.343 e. The van der Waals surface area contributed by atoms with Gasteiger partial charge >= 0.3 is 5.97 Å². The van der Waals surface area contributed by atoms with E-state index in [4.69, 9.17) is 4.74 Å². The van der Waals surface area contributed by atoms with Gasteiger partial charge < -0.3 is 10.1 Å². The summed E-state index contributed by atoms with van der Waals surface area (Å²) < 4.78 is 6.27. The molecule has 2 N–H and O–H groups in total. The van der Waals surface area contributed by atoms with Crippen LogP contribution < -0.4 is 10.9 Å². The van der Waals surface area contributed by atoms with Gasteiger partial charge in [0.05, 0.1) is 18.8 Å². The summed E-state index contributed by atoms with van der Waals surface area (Å²) in [6, 6.07) is 1.48. The van der Waals surface area contributed by atoms with Gasteiger partial charge in [-0.15, -0.1) is 0 Å². The van der Waals surface area contributed by atoms with Crippen LogP contribution in [0.25, 0.3) is 5.65 Å². The summed E-state index contributed by atoms with van der Waals surface area (Å²) in [7, 11) is 0. The standard InChI is InChI=1S/C19H28N6O4/c1-3-5-20-16(26)13-24-8-6-23(7-9-24)12-14-10-17(27)25-18(22-14)15(11-21-25)19(28)29-4-2/h10-11,21H,3-9,12-13H2,1-2H3,(H,20,26). The lowest BCUT2D eigenvalue weighted by atomic mass is 10.2. The Labute approximate surface area is 168 Å². The van der Waals surface area contributed by atoms with Crippen LogP contribution in [-0.2, 0) is 16.1 Å². The topological polar surface area (TPSA) is 112 Å². The van der Waals surface area contributed by atoms with Crippen molar-refractivity contribution in [2.24, 2.45) is 0 Å². The maximum atomic E-state index is 12.4. The molecule has 2 aromatic rings. The first-order chi connectivity index (χ1) is 14.0. The first kappa shape index (κ1) is 21.0. The molecule has 0 unspecified atom stereocenters. The number of hydrogen-bond donors (Lipinski definition) is 2. The molecule has 0 aromatic carbocycles. The molecule has 0 bridgehead atoms. The zero-order chi connectivity index (χ0) is 20.8. The largest absolute Gasteiger partial charge is 0.462 e. The van der Waals surface area contributed by atoms with Gasteiger partial charge in [0.2, 0.25) is 5.91 Å². The number of hydrogen-bond acceptors (Lipinski definition) is 7. The minimum atomic E-state index is -0.509. The SMILES string of the molecule is CCCNC(=O)CN1CCN(Cc2cc(=O)n3[nH]cc(C(=O)OCC)c3n2)CC1. The highest BCUT2D eigenvalue weighted by Gasteiger charge is 2.21. The molecule has 1 amide bonds. The Morgan fingerprint density at radius 3 is 2.62 bits per heavy atom. The average molecular weight is 404 g/mol. The number of ether oxygens (including phenoxy) is 1. The van der Waals surface area contributed by atoms with Crippen molar-refractivity contribution in [3.05, 3.63) is 33.9 Å². The van der Waals surface area contributed by atoms with E-state index in [1.54, 1.807) is 6.92 Å². The van der Waals surface area contributed by atoms with Crippen molar-refractivity contribution in [2.75, 3.05) is 45.9 Å². The number of rotatable bonds is 8. The van der Waals surface area contributed by atoms with Crippen LogP contribution >= 0.6 is 0 Å². The molecule has 1 saturated heterocycles. The summed E-state index contributed by atoms with van der Waals surface area (Å²) in [6.07, 6.45) is 2.36. The Bertz CT molecular complexity index is 913. The first-order valence-electron chi connectivity index (χ1n) is 10.0. The fourth-order valence-electron chi connectivity index (χ4n) is 3.33. The summed E-state index contributed by atoms with van der Waals surface area (Å²) in [6.45, 7) is 8.74. The minimum Gasteiger partial charge on any atom is -0.462 e. The highest BCUT2D eigenvalue weighted by molar-refractivity contribution is 5.95. The number of aromatic nitrogens is 3. The zero-order valence-electron chi connectivity index (χ0n) is 16.9. The first-order valence-corrected chi connectivity index (χ1v) is 10.0. The highest BCUT2D eigenvalue weighted by atomic mass is 16.5. The van der Waals surface area contributed by atoms with E-state index in [0.717, 1.165) is 32.6 Å². The number of fused-ring (bicyclic) bond motifs is 1. The molecular weight excluding hydrogens is 376 g/mol. The molecule has 0 radical (unpaired) electrons. The minimum absolute atomic E-state index is 0.0550. The quantitative estimate of drug-likeness (QED) is 0.588. The molecule has 2 aromatic heterocycles. The highest BCUT2D eigenvalue weighted by Crippen LogP contribution is 2.11. The molecule has 1 aliphatic heterocycles. The van der Waals surface area contributed by atoms with E-state index < -0.39 is 5.97 Å². The lowest BCUT2D eigenvalue weighted by Gasteiger charge is -2.34. The molecule has 0 saturated carbocycles. The van der Waals surface area contributed by atoms with Crippen molar-refractivity contribution < 1.29 is 14.3 Å². The van der Waals surface area contributed by atoms with Crippen LogP contribution in [0.2, 0.25) is 0 Å². The number of H-pyrrole nitrogens is 1. The van der Waals surface area contributed by atoms with Crippen LogP contribution in [0.1, 0.15) is 36.3 Å². The Kier molecular flexibility index (Phi) is 6.99. The number of carbonyl (C=O) groups is 2. The lowest BCUT2D eigenvalue weighted by Crippen LogP contribution is -2.49. The molecule has 0 aliphatic carbocycles. The third-order valence-electron chi connectivity index (χ3n) is 4.84. The van der Waals surface area contributed by atoms with Crippen LogP contribution in [0.4, 0.5) is 0 Å². The maximum Gasteiger partial charge on any atom is 0.343 e. The van der Waals surface area contributed by atoms with E-state index in [2.05, 4.69) is 25.2 Å². The van der Waals surface area contributed by atoms with Crippen LogP contribution in [-0.4, -0.2) is 82.1 Å². The molecule has 1 fully saturated rings. The molecule has 0 spiro atoms. The third-order valence-corrected chi connectivity index (χ3v) is 4.84. The van der Waals surface area contributed by atoms with Crippen molar-refractivity contribution >= 4 is 17.5 Å². The fraction of sp³-hybridized carbons (Fsp3) is 0.579. The van der Waals surface area contributed by atoms with Gasteiger partial charge in [-0.25, -0.2) is 14.3 Å². The second kappa shape index (κ2) is 9.66. The molecule has 158 valence electrons. The van der Waals surface area contributed by atoms with Crippen molar-refractivity contribution in [3.63, 3.8) is 0 Å². The van der Waals surface area contributed by atoms with Crippen molar-refractivity contribution in [1.29, 1.82) is 0 Å². The lowest BCUT2D eigenvalue weighted by molar-refractivity contribution is -0.122. The van der Waals surface area contributed by atoms with Gasteiger partial charge in [0.15, 0.2) is 5.65 Å². The predicted molar refractivity (Wildman–Crippen MR) is 107 cm³/mol. The number of esters is 1. The zero-order valence-corrected chi connectivity index (χ0v) is 16.9. The molecule has 3 rings (SSSR count). The Morgan fingerprint density at radius 2 is 1.93 bits per heavy atom. The molecule has 29 heavy (non-hydrogen) atoms. The summed E-state index contributed by atoms with van der Waals surface area (Å²) in [5.41, 5.74) is 0.854.